The van der Waals surface area contributed by atoms with Crippen LogP contribution in [0.5, 0.6) is 0 Å². The zero-order chi connectivity index (χ0) is 27.0. The zero-order valence-corrected chi connectivity index (χ0v) is 21.5. The number of halogens is 3. The Kier molecular flexibility index (Phi) is 9.56. The number of allylic oxidation sites excluding steroid dienone is 5. The van der Waals surface area contributed by atoms with Crippen molar-refractivity contribution >= 4 is 17.3 Å². The van der Waals surface area contributed by atoms with E-state index in [0.717, 1.165) is 48.0 Å². The molecule has 0 radical (unpaired) electrons. The summed E-state index contributed by atoms with van der Waals surface area (Å²) in [6.45, 7) is 11.0. The Morgan fingerprint density at radius 2 is 1.78 bits per heavy atom. The normalized spacial score (nSPS) is 15.2. The molecule has 1 fully saturated rings. The molecule has 1 aliphatic carbocycles. The van der Waals surface area contributed by atoms with Crippen LogP contribution in [0.4, 0.5) is 24.5 Å². The number of aryl methyl sites for hydroxylation is 1. The molecule has 3 nitrogen and oxygen atoms in total. The van der Waals surface area contributed by atoms with Gasteiger partial charge in [0.1, 0.15) is 5.70 Å². The lowest BCUT2D eigenvalue weighted by molar-refractivity contribution is -0.112. The van der Waals surface area contributed by atoms with Crippen LogP contribution in [0.15, 0.2) is 96.8 Å². The second-order valence-electron chi connectivity index (χ2n) is 9.41. The minimum absolute atomic E-state index is 0.134. The largest absolute Gasteiger partial charge is 0.415 e. The number of carbonyl (C=O) groups is 1. The summed E-state index contributed by atoms with van der Waals surface area (Å²) in [5.74, 6) is 0.226. The molecule has 1 amide bonds. The SMILES string of the molecule is C=C/C(=C\C)C(CCC1CC1)c1cccc(NC(=O)/C(=C/C(=C)C(F)(F)F)Nc2cccc(CC)c2)c1. The number of hydrogen-bond acceptors (Lipinski definition) is 2. The van der Waals surface area contributed by atoms with Crippen molar-refractivity contribution in [2.75, 3.05) is 10.6 Å². The highest BCUT2D eigenvalue weighted by Gasteiger charge is 2.31. The van der Waals surface area contributed by atoms with Gasteiger partial charge in [-0.25, -0.2) is 0 Å². The third-order valence-electron chi connectivity index (χ3n) is 6.62. The van der Waals surface area contributed by atoms with E-state index in [2.05, 4.69) is 23.8 Å². The zero-order valence-electron chi connectivity index (χ0n) is 21.5. The summed E-state index contributed by atoms with van der Waals surface area (Å²) in [6.07, 6.45) is 5.40. The van der Waals surface area contributed by atoms with Gasteiger partial charge in [0.15, 0.2) is 0 Å². The summed E-state index contributed by atoms with van der Waals surface area (Å²) < 4.78 is 39.8. The minimum Gasteiger partial charge on any atom is -0.351 e. The topological polar surface area (TPSA) is 41.1 Å². The smallest absolute Gasteiger partial charge is 0.351 e. The van der Waals surface area contributed by atoms with Crippen molar-refractivity contribution in [3.05, 3.63) is 108 Å². The first-order chi connectivity index (χ1) is 17.6. The molecule has 1 saturated carbocycles. The van der Waals surface area contributed by atoms with Crippen LogP contribution in [-0.2, 0) is 11.2 Å². The van der Waals surface area contributed by atoms with E-state index in [9.17, 15) is 18.0 Å². The number of hydrogen-bond donors (Lipinski definition) is 2. The van der Waals surface area contributed by atoms with Crippen molar-refractivity contribution in [2.45, 2.75) is 58.0 Å². The average Bonchev–Trinajstić information content (AvgIpc) is 3.70. The summed E-state index contributed by atoms with van der Waals surface area (Å²) in [7, 11) is 0. The van der Waals surface area contributed by atoms with E-state index in [4.69, 9.17) is 0 Å². The number of carbonyl (C=O) groups excluding carboxylic acids is 1. The van der Waals surface area contributed by atoms with Gasteiger partial charge in [-0.1, -0.05) is 69.3 Å². The molecule has 0 spiro atoms. The average molecular weight is 509 g/mol. The van der Waals surface area contributed by atoms with Gasteiger partial charge in [-0.05, 0) is 79.1 Å². The quantitative estimate of drug-likeness (QED) is 0.222. The van der Waals surface area contributed by atoms with Gasteiger partial charge in [0.05, 0.1) is 5.57 Å². The van der Waals surface area contributed by atoms with Gasteiger partial charge in [0.25, 0.3) is 5.91 Å². The predicted octanol–water partition coefficient (Wildman–Crippen LogP) is 8.71. The molecule has 3 rings (SSSR count). The van der Waals surface area contributed by atoms with Gasteiger partial charge in [0, 0.05) is 17.3 Å². The lowest BCUT2D eigenvalue weighted by Gasteiger charge is -2.20. The maximum absolute atomic E-state index is 13.3. The second-order valence-corrected chi connectivity index (χ2v) is 9.41. The fraction of sp³-hybridized carbons (Fsp3) is 0.323. The number of anilines is 2. The van der Waals surface area contributed by atoms with Gasteiger partial charge in [-0.2, -0.15) is 13.2 Å². The van der Waals surface area contributed by atoms with E-state index in [1.54, 1.807) is 24.3 Å². The fourth-order valence-electron chi connectivity index (χ4n) is 4.27. The molecular weight excluding hydrogens is 473 g/mol. The molecule has 2 aromatic rings. The van der Waals surface area contributed by atoms with Crippen LogP contribution in [0.3, 0.4) is 0 Å². The summed E-state index contributed by atoms with van der Waals surface area (Å²) in [4.78, 5) is 13.2. The Labute approximate surface area is 217 Å². The molecular formula is C31H35F3N2O. The molecule has 2 N–H and O–H groups in total. The van der Waals surface area contributed by atoms with E-state index in [1.807, 2.05) is 50.3 Å². The van der Waals surface area contributed by atoms with E-state index in [0.29, 0.717) is 11.4 Å². The van der Waals surface area contributed by atoms with Crippen molar-refractivity contribution in [3.63, 3.8) is 0 Å². The first-order valence-corrected chi connectivity index (χ1v) is 12.7. The third-order valence-corrected chi connectivity index (χ3v) is 6.62. The molecule has 1 aliphatic rings. The number of rotatable bonds is 12. The molecule has 1 atom stereocenters. The van der Waals surface area contributed by atoms with Crippen LogP contribution in [0, 0.1) is 5.92 Å². The Balaban J connectivity index is 1.87. The van der Waals surface area contributed by atoms with Gasteiger partial charge >= 0.3 is 6.18 Å². The fourth-order valence-corrected chi connectivity index (χ4v) is 4.27. The van der Waals surface area contributed by atoms with Gasteiger partial charge in [0.2, 0.25) is 0 Å². The van der Waals surface area contributed by atoms with Crippen molar-refractivity contribution in [2.24, 2.45) is 5.92 Å². The van der Waals surface area contributed by atoms with Crippen LogP contribution >= 0.6 is 0 Å². The highest BCUT2D eigenvalue weighted by atomic mass is 19.4. The first-order valence-electron chi connectivity index (χ1n) is 12.7. The molecule has 2 aromatic carbocycles. The maximum atomic E-state index is 13.3. The molecule has 0 aliphatic heterocycles. The van der Waals surface area contributed by atoms with Gasteiger partial charge in [-0.15, -0.1) is 0 Å². The first kappa shape index (κ1) is 28.0. The monoisotopic (exact) mass is 508 g/mol. The van der Waals surface area contributed by atoms with Crippen molar-refractivity contribution in [1.29, 1.82) is 0 Å². The third kappa shape index (κ3) is 8.24. The molecule has 37 heavy (non-hydrogen) atoms. The van der Waals surface area contributed by atoms with E-state index in [1.165, 1.54) is 12.8 Å². The van der Waals surface area contributed by atoms with Crippen LogP contribution < -0.4 is 10.6 Å². The number of alkyl halides is 3. The molecule has 0 bridgehead atoms. The van der Waals surface area contributed by atoms with Crippen molar-refractivity contribution in [3.8, 4) is 0 Å². The van der Waals surface area contributed by atoms with Crippen LogP contribution in [0.2, 0.25) is 0 Å². The molecule has 0 aromatic heterocycles. The summed E-state index contributed by atoms with van der Waals surface area (Å²) >= 11 is 0. The van der Waals surface area contributed by atoms with Gasteiger partial charge in [-0.3, -0.25) is 4.79 Å². The van der Waals surface area contributed by atoms with E-state index in [-0.39, 0.29) is 11.6 Å². The maximum Gasteiger partial charge on any atom is 0.415 e. The molecule has 0 saturated heterocycles. The Morgan fingerprint density at radius 1 is 1.11 bits per heavy atom. The summed E-state index contributed by atoms with van der Waals surface area (Å²) in [5, 5.41) is 5.63. The highest BCUT2D eigenvalue weighted by Crippen LogP contribution is 2.39. The summed E-state index contributed by atoms with van der Waals surface area (Å²) in [6, 6.07) is 14.7. The molecule has 196 valence electrons. The highest BCUT2D eigenvalue weighted by molar-refractivity contribution is 6.06. The molecule has 6 heteroatoms. The van der Waals surface area contributed by atoms with E-state index < -0.39 is 17.7 Å². The Hall–Kier alpha value is -3.54. The predicted molar refractivity (Wildman–Crippen MR) is 146 cm³/mol. The minimum atomic E-state index is -4.65. The van der Waals surface area contributed by atoms with Crippen LogP contribution in [0.1, 0.15) is 56.6 Å². The lowest BCUT2D eigenvalue weighted by Crippen LogP contribution is -2.22. The number of nitrogens with one attached hydrogen (secondary N) is 2. The van der Waals surface area contributed by atoms with Crippen LogP contribution in [0.25, 0.3) is 0 Å². The standard InChI is InChI=1S/C31H35F3N2O/c1-5-22-10-8-12-26(19-22)35-29(18-21(4)31(32,33)34)30(37)36-27-13-9-11-25(20-27)28(24(6-2)7-3)17-16-23-14-15-23/h6-13,18-20,23,28,35H,2,4-5,14-17H2,1,3H3,(H,36,37)/b24-7+,29-18-. The number of benzene rings is 2. The van der Waals surface area contributed by atoms with Crippen molar-refractivity contribution in [1.82, 2.24) is 0 Å². The Bertz CT molecular complexity index is 1190. The lowest BCUT2D eigenvalue weighted by atomic mass is 9.86. The van der Waals surface area contributed by atoms with Crippen LogP contribution in [-0.4, -0.2) is 12.1 Å². The Morgan fingerprint density at radius 3 is 2.38 bits per heavy atom. The summed E-state index contributed by atoms with van der Waals surface area (Å²) in [5.41, 5.74) is 2.80. The van der Waals surface area contributed by atoms with Gasteiger partial charge < -0.3 is 10.6 Å². The molecule has 0 heterocycles. The van der Waals surface area contributed by atoms with Crippen molar-refractivity contribution < 1.29 is 18.0 Å². The molecule has 1 unspecified atom stereocenters. The van der Waals surface area contributed by atoms with E-state index >= 15 is 0 Å². The second kappa shape index (κ2) is 12.6. The number of amides is 1.